The van der Waals surface area contributed by atoms with Crippen LogP contribution in [0.4, 0.5) is 0 Å². The number of amides is 1. The van der Waals surface area contributed by atoms with Crippen molar-refractivity contribution in [1.82, 2.24) is 15.5 Å². The van der Waals surface area contributed by atoms with Gasteiger partial charge in [0.05, 0.1) is 6.04 Å². The molecular formula is C17H31N3O. The highest BCUT2D eigenvalue weighted by Gasteiger charge is 2.36. The van der Waals surface area contributed by atoms with E-state index in [0.717, 1.165) is 13.1 Å². The van der Waals surface area contributed by atoms with Crippen molar-refractivity contribution in [2.24, 2.45) is 0 Å². The van der Waals surface area contributed by atoms with Crippen LogP contribution in [0.25, 0.3) is 0 Å². The van der Waals surface area contributed by atoms with E-state index in [9.17, 15) is 4.79 Å². The third-order valence-corrected chi connectivity index (χ3v) is 5.73. The maximum atomic E-state index is 12.6. The maximum Gasteiger partial charge on any atom is 0.237 e. The molecule has 3 fully saturated rings. The molecule has 1 aliphatic carbocycles. The summed E-state index contributed by atoms with van der Waals surface area (Å²) in [4.78, 5) is 15.1. The number of nitrogens with zero attached hydrogens (tertiary/aromatic N) is 1. The van der Waals surface area contributed by atoms with Gasteiger partial charge in [0.1, 0.15) is 0 Å². The zero-order valence-corrected chi connectivity index (χ0v) is 13.4. The van der Waals surface area contributed by atoms with Crippen LogP contribution < -0.4 is 10.6 Å². The largest absolute Gasteiger partial charge is 0.352 e. The summed E-state index contributed by atoms with van der Waals surface area (Å²) in [5, 5.41) is 6.94. The first-order valence-electron chi connectivity index (χ1n) is 9.05. The number of hydrogen-bond acceptors (Lipinski definition) is 3. The minimum atomic E-state index is 0.0262. The van der Waals surface area contributed by atoms with Crippen molar-refractivity contribution >= 4 is 5.91 Å². The van der Waals surface area contributed by atoms with Crippen LogP contribution in [-0.2, 0) is 4.79 Å². The second-order valence-electron chi connectivity index (χ2n) is 7.17. The summed E-state index contributed by atoms with van der Waals surface area (Å²) in [7, 11) is 0. The molecule has 3 unspecified atom stereocenters. The molecule has 3 aliphatic rings. The number of nitrogens with one attached hydrogen (secondary N) is 2. The SMILES string of the molecule is CC(C(=O)NC1CCCC1)N1CCCCC1C1CCCN1. The molecule has 2 heterocycles. The first kappa shape index (κ1) is 15.3. The Morgan fingerprint density at radius 2 is 1.86 bits per heavy atom. The first-order chi connectivity index (χ1) is 10.3. The van der Waals surface area contributed by atoms with Gasteiger partial charge in [0, 0.05) is 18.1 Å². The zero-order valence-electron chi connectivity index (χ0n) is 13.4. The van der Waals surface area contributed by atoms with Crippen molar-refractivity contribution < 1.29 is 4.79 Å². The minimum Gasteiger partial charge on any atom is -0.352 e. The van der Waals surface area contributed by atoms with Crippen LogP contribution in [0.3, 0.4) is 0 Å². The van der Waals surface area contributed by atoms with E-state index in [1.165, 1.54) is 57.8 Å². The number of likely N-dealkylation sites (tertiary alicyclic amines) is 1. The number of carbonyl (C=O) groups is 1. The number of carbonyl (C=O) groups excluding carboxylic acids is 1. The van der Waals surface area contributed by atoms with E-state index in [-0.39, 0.29) is 11.9 Å². The van der Waals surface area contributed by atoms with Crippen LogP contribution >= 0.6 is 0 Å². The molecule has 2 N–H and O–H groups in total. The van der Waals surface area contributed by atoms with Gasteiger partial charge in [-0.3, -0.25) is 9.69 Å². The van der Waals surface area contributed by atoms with Crippen LogP contribution in [0, 0.1) is 0 Å². The molecule has 21 heavy (non-hydrogen) atoms. The molecule has 0 aromatic rings. The molecular weight excluding hydrogens is 262 g/mol. The van der Waals surface area contributed by atoms with Gasteiger partial charge in [0.15, 0.2) is 0 Å². The molecule has 2 aliphatic heterocycles. The van der Waals surface area contributed by atoms with Crippen molar-refractivity contribution in [2.75, 3.05) is 13.1 Å². The Kier molecular flexibility index (Phi) is 5.17. The topological polar surface area (TPSA) is 44.4 Å². The Labute approximate surface area is 129 Å². The standard InChI is InChI=1S/C17H31N3O/c1-13(17(21)19-14-7-2-3-8-14)20-12-5-4-10-16(20)15-9-6-11-18-15/h13-16,18H,2-12H2,1H3,(H,19,21). The molecule has 2 saturated heterocycles. The van der Waals surface area contributed by atoms with Crippen LogP contribution in [0.5, 0.6) is 0 Å². The van der Waals surface area contributed by atoms with Crippen molar-refractivity contribution in [1.29, 1.82) is 0 Å². The average molecular weight is 293 g/mol. The molecule has 1 amide bonds. The van der Waals surface area contributed by atoms with E-state index in [1.807, 2.05) is 0 Å². The first-order valence-corrected chi connectivity index (χ1v) is 9.05. The lowest BCUT2D eigenvalue weighted by Crippen LogP contribution is -2.57. The van der Waals surface area contributed by atoms with Gasteiger partial charge in [0.2, 0.25) is 5.91 Å². The van der Waals surface area contributed by atoms with E-state index in [0.29, 0.717) is 18.1 Å². The molecule has 4 nitrogen and oxygen atoms in total. The molecule has 0 aromatic heterocycles. The van der Waals surface area contributed by atoms with Gasteiger partial charge in [-0.1, -0.05) is 19.3 Å². The predicted molar refractivity (Wildman–Crippen MR) is 85.2 cm³/mol. The lowest BCUT2D eigenvalue weighted by atomic mass is 9.93. The molecule has 0 radical (unpaired) electrons. The number of piperidine rings is 1. The van der Waals surface area contributed by atoms with Crippen molar-refractivity contribution in [3.05, 3.63) is 0 Å². The monoisotopic (exact) mass is 293 g/mol. The Bertz CT molecular complexity index is 348. The third-order valence-electron chi connectivity index (χ3n) is 5.73. The predicted octanol–water partition coefficient (Wildman–Crippen LogP) is 2.04. The maximum absolute atomic E-state index is 12.6. The second kappa shape index (κ2) is 7.10. The Morgan fingerprint density at radius 1 is 1.10 bits per heavy atom. The molecule has 120 valence electrons. The molecule has 0 aromatic carbocycles. The van der Waals surface area contributed by atoms with E-state index in [1.54, 1.807) is 0 Å². The van der Waals surface area contributed by atoms with Gasteiger partial charge in [0.25, 0.3) is 0 Å². The normalized spacial score (nSPS) is 33.2. The molecule has 3 atom stereocenters. The Morgan fingerprint density at radius 3 is 2.57 bits per heavy atom. The summed E-state index contributed by atoms with van der Waals surface area (Å²) < 4.78 is 0. The van der Waals surface area contributed by atoms with E-state index in [4.69, 9.17) is 0 Å². The molecule has 0 bridgehead atoms. The van der Waals surface area contributed by atoms with Crippen molar-refractivity contribution in [2.45, 2.75) is 88.9 Å². The molecule has 1 saturated carbocycles. The molecule has 4 heteroatoms. The highest BCUT2D eigenvalue weighted by Crippen LogP contribution is 2.26. The summed E-state index contributed by atoms with van der Waals surface area (Å²) in [6.07, 6.45) is 11.3. The van der Waals surface area contributed by atoms with Gasteiger partial charge < -0.3 is 10.6 Å². The third kappa shape index (κ3) is 3.59. The van der Waals surface area contributed by atoms with Gasteiger partial charge in [-0.05, 0) is 58.5 Å². The molecule has 3 rings (SSSR count). The Balaban J connectivity index is 1.59. The second-order valence-corrected chi connectivity index (χ2v) is 7.17. The minimum absolute atomic E-state index is 0.0262. The summed E-state index contributed by atoms with van der Waals surface area (Å²) >= 11 is 0. The number of hydrogen-bond donors (Lipinski definition) is 2. The van der Waals surface area contributed by atoms with Gasteiger partial charge in [-0.2, -0.15) is 0 Å². The lowest BCUT2D eigenvalue weighted by molar-refractivity contribution is -0.128. The van der Waals surface area contributed by atoms with Crippen molar-refractivity contribution in [3.63, 3.8) is 0 Å². The van der Waals surface area contributed by atoms with Gasteiger partial charge >= 0.3 is 0 Å². The van der Waals surface area contributed by atoms with Crippen molar-refractivity contribution in [3.8, 4) is 0 Å². The number of rotatable bonds is 4. The average Bonchev–Trinajstić information content (AvgIpc) is 3.19. The smallest absolute Gasteiger partial charge is 0.237 e. The summed E-state index contributed by atoms with van der Waals surface area (Å²) in [6, 6.07) is 1.63. The van der Waals surface area contributed by atoms with Crippen LogP contribution in [0.2, 0.25) is 0 Å². The Hall–Kier alpha value is -0.610. The fourth-order valence-electron chi connectivity index (χ4n) is 4.48. The summed E-state index contributed by atoms with van der Waals surface area (Å²) in [5.74, 6) is 0.256. The fourth-order valence-corrected chi connectivity index (χ4v) is 4.48. The van der Waals surface area contributed by atoms with Crippen LogP contribution in [0.1, 0.15) is 64.7 Å². The van der Waals surface area contributed by atoms with E-state index >= 15 is 0 Å². The van der Waals surface area contributed by atoms with E-state index in [2.05, 4.69) is 22.5 Å². The van der Waals surface area contributed by atoms with E-state index < -0.39 is 0 Å². The highest BCUT2D eigenvalue weighted by atomic mass is 16.2. The summed E-state index contributed by atoms with van der Waals surface area (Å²) in [5.41, 5.74) is 0. The van der Waals surface area contributed by atoms with Gasteiger partial charge in [-0.15, -0.1) is 0 Å². The van der Waals surface area contributed by atoms with Crippen LogP contribution in [-0.4, -0.2) is 48.1 Å². The van der Waals surface area contributed by atoms with Crippen LogP contribution in [0.15, 0.2) is 0 Å². The quantitative estimate of drug-likeness (QED) is 0.834. The zero-order chi connectivity index (χ0) is 14.7. The lowest BCUT2D eigenvalue weighted by Gasteiger charge is -2.42. The van der Waals surface area contributed by atoms with Gasteiger partial charge in [-0.25, -0.2) is 0 Å². The highest BCUT2D eigenvalue weighted by molar-refractivity contribution is 5.81. The fraction of sp³-hybridized carbons (Fsp3) is 0.941. The molecule has 0 spiro atoms. The summed E-state index contributed by atoms with van der Waals surface area (Å²) in [6.45, 7) is 4.34.